The topological polar surface area (TPSA) is 91.0 Å². The van der Waals surface area contributed by atoms with Crippen LogP contribution in [-0.2, 0) is 27.2 Å². The van der Waals surface area contributed by atoms with Crippen LogP contribution in [0.2, 0.25) is 0 Å². The van der Waals surface area contributed by atoms with E-state index in [0.29, 0.717) is 37.2 Å². The van der Waals surface area contributed by atoms with Gasteiger partial charge in [-0.15, -0.1) is 0 Å². The van der Waals surface area contributed by atoms with Crippen LogP contribution in [0, 0.1) is 11.8 Å². The van der Waals surface area contributed by atoms with Crippen LogP contribution in [0.15, 0.2) is 48.5 Å². The van der Waals surface area contributed by atoms with Crippen molar-refractivity contribution in [1.29, 1.82) is 0 Å². The molecule has 3 amide bonds. The Hall–Kier alpha value is -3.39. The van der Waals surface area contributed by atoms with E-state index in [0.717, 1.165) is 6.54 Å². The Labute approximate surface area is 244 Å². The van der Waals surface area contributed by atoms with Crippen molar-refractivity contribution in [3.8, 4) is 5.75 Å². The minimum absolute atomic E-state index is 0.0647. The minimum atomic E-state index is -0.960. The molecule has 4 rings (SSSR count). The number of nitrogens with one attached hydrogen (secondary N) is 2. The Kier molecular flexibility index (Phi) is 9.42. The number of ether oxygens (including phenoxy) is 1. The van der Waals surface area contributed by atoms with Gasteiger partial charge in [0.1, 0.15) is 30.5 Å². The molecule has 0 bridgehead atoms. The van der Waals surface area contributed by atoms with Crippen molar-refractivity contribution in [2.45, 2.75) is 77.5 Å². The maximum Gasteiger partial charge on any atom is 0.247 e. The Morgan fingerprint density at radius 2 is 1.66 bits per heavy atom. The zero-order valence-corrected chi connectivity index (χ0v) is 25.6. The second kappa shape index (κ2) is 12.6. The second-order valence-electron chi connectivity index (χ2n) is 13.2. The minimum Gasteiger partial charge on any atom is -0.492 e. The molecule has 3 atom stereocenters. The molecule has 2 N–H and O–H groups in total. The predicted octanol–water partition coefficient (Wildman–Crippen LogP) is 3.74. The summed E-state index contributed by atoms with van der Waals surface area (Å²) >= 11 is 0. The van der Waals surface area contributed by atoms with Gasteiger partial charge in [-0.25, -0.2) is 0 Å². The van der Waals surface area contributed by atoms with Crippen LogP contribution in [0.1, 0.15) is 63.8 Å². The van der Waals surface area contributed by atoms with E-state index in [4.69, 9.17) is 4.74 Å². The number of hydrogen-bond acceptors (Lipinski definition) is 5. The number of fused-ring (bicyclic) bond motifs is 1. The average Bonchev–Trinajstić information content (AvgIpc) is 3.31. The first-order chi connectivity index (χ1) is 19.3. The molecule has 0 radical (unpaired) electrons. The number of carbonyl (C=O) groups is 3. The van der Waals surface area contributed by atoms with Crippen molar-refractivity contribution >= 4 is 17.7 Å². The lowest BCUT2D eigenvalue weighted by Gasteiger charge is -2.45. The molecule has 2 aromatic rings. The number of benzene rings is 2. The van der Waals surface area contributed by atoms with Gasteiger partial charge in [-0.2, -0.15) is 0 Å². The number of hydrogen-bond donors (Lipinski definition) is 2. The van der Waals surface area contributed by atoms with Crippen molar-refractivity contribution in [3.63, 3.8) is 0 Å². The van der Waals surface area contributed by atoms with Gasteiger partial charge in [0.2, 0.25) is 17.7 Å². The molecule has 1 fully saturated rings. The molecule has 1 unspecified atom stereocenters. The summed E-state index contributed by atoms with van der Waals surface area (Å²) in [5.74, 6) is 0.0693. The highest BCUT2D eigenvalue weighted by atomic mass is 16.5. The van der Waals surface area contributed by atoms with Crippen LogP contribution < -0.4 is 15.4 Å². The van der Waals surface area contributed by atoms with Crippen LogP contribution in [0.4, 0.5) is 0 Å². The monoisotopic (exact) mass is 562 g/mol. The van der Waals surface area contributed by atoms with Crippen LogP contribution in [0.5, 0.6) is 5.75 Å². The largest absolute Gasteiger partial charge is 0.492 e. The maximum absolute atomic E-state index is 14.5. The van der Waals surface area contributed by atoms with Crippen LogP contribution >= 0.6 is 0 Å². The fourth-order valence-electron chi connectivity index (χ4n) is 5.84. The van der Waals surface area contributed by atoms with Gasteiger partial charge in [0.05, 0.1) is 0 Å². The highest BCUT2D eigenvalue weighted by Crippen LogP contribution is 2.36. The van der Waals surface area contributed by atoms with Gasteiger partial charge >= 0.3 is 0 Å². The first-order valence-electron chi connectivity index (χ1n) is 14.7. The fourth-order valence-corrected chi connectivity index (χ4v) is 5.84. The smallest absolute Gasteiger partial charge is 0.247 e. The van der Waals surface area contributed by atoms with Gasteiger partial charge in [0.15, 0.2) is 0 Å². The number of carbonyl (C=O) groups excluding carboxylic acids is 3. The summed E-state index contributed by atoms with van der Waals surface area (Å²) in [5, 5.41) is 6.16. The van der Waals surface area contributed by atoms with Crippen molar-refractivity contribution in [2.24, 2.45) is 11.8 Å². The average molecular weight is 563 g/mol. The van der Waals surface area contributed by atoms with Gasteiger partial charge < -0.3 is 25.2 Å². The molecule has 1 saturated heterocycles. The number of nitrogens with zero attached hydrogens (tertiary/aromatic N) is 2. The number of rotatable bonds is 10. The van der Waals surface area contributed by atoms with Gasteiger partial charge in [0, 0.05) is 12.1 Å². The lowest BCUT2D eigenvalue weighted by molar-refractivity contribution is -0.158. The van der Waals surface area contributed by atoms with E-state index in [9.17, 15) is 14.4 Å². The van der Waals surface area contributed by atoms with Gasteiger partial charge in [-0.3, -0.25) is 14.4 Å². The van der Waals surface area contributed by atoms with Crippen molar-refractivity contribution < 1.29 is 19.1 Å². The Balaban J connectivity index is 1.70. The molecule has 8 heteroatoms. The summed E-state index contributed by atoms with van der Waals surface area (Å²) in [7, 11) is 3.98. The molecule has 1 heterocycles. The summed E-state index contributed by atoms with van der Waals surface area (Å²) in [6.07, 6.45) is 1.89. The zero-order valence-electron chi connectivity index (χ0n) is 25.6. The van der Waals surface area contributed by atoms with E-state index < -0.39 is 23.7 Å². The first-order valence-corrected chi connectivity index (χ1v) is 14.7. The van der Waals surface area contributed by atoms with E-state index in [2.05, 4.69) is 22.8 Å². The lowest BCUT2D eigenvalue weighted by atomic mass is 9.87. The highest BCUT2D eigenvalue weighted by molar-refractivity contribution is 6.00. The van der Waals surface area contributed by atoms with Crippen molar-refractivity contribution in [3.05, 3.63) is 65.2 Å². The summed E-state index contributed by atoms with van der Waals surface area (Å²) < 4.78 is 5.88. The Bertz CT molecular complexity index is 1210. The Morgan fingerprint density at radius 3 is 2.20 bits per heavy atom. The molecule has 2 aliphatic rings. The molecule has 0 saturated carbocycles. The third-order valence-electron chi connectivity index (χ3n) is 7.73. The summed E-state index contributed by atoms with van der Waals surface area (Å²) in [6.45, 7) is 11.1. The third kappa shape index (κ3) is 7.47. The molecule has 41 heavy (non-hydrogen) atoms. The molecular formula is C33H46N4O4. The van der Waals surface area contributed by atoms with E-state index in [1.54, 1.807) is 4.90 Å². The Morgan fingerprint density at radius 1 is 1.05 bits per heavy atom. The molecule has 0 spiro atoms. The summed E-state index contributed by atoms with van der Waals surface area (Å²) in [4.78, 5) is 45.8. The maximum atomic E-state index is 14.5. The number of piperazine rings is 1. The van der Waals surface area contributed by atoms with E-state index in [1.807, 2.05) is 90.0 Å². The second-order valence-corrected chi connectivity index (χ2v) is 13.2. The van der Waals surface area contributed by atoms with Gasteiger partial charge in [-0.1, -0.05) is 50.2 Å². The molecular weight excluding hydrogens is 516 g/mol. The predicted molar refractivity (Wildman–Crippen MR) is 160 cm³/mol. The number of amides is 3. The van der Waals surface area contributed by atoms with Gasteiger partial charge in [-0.05, 0) is 94.8 Å². The molecule has 1 aliphatic heterocycles. The molecule has 8 nitrogen and oxygen atoms in total. The SMILES string of the molecule is CC(C)C[C@@H]1C(=O)NC(C2Cc3ccccc3C2)C(=O)N1[C@@H](C(=O)NC(C)(C)C)c1ccc(OCCN(C)C)cc1. The highest BCUT2D eigenvalue weighted by Gasteiger charge is 2.49. The van der Waals surface area contributed by atoms with Crippen LogP contribution in [0.25, 0.3) is 0 Å². The zero-order chi connectivity index (χ0) is 29.9. The molecule has 222 valence electrons. The molecule has 2 aromatic carbocycles. The summed E-state index contributed by atoms with van der Waals surface area (Å²) in [6, 6.07) is 13.1. The number of likely N-dealkylation sites (N-methyl/N-ethyl adjacent to an activating group) is 1. The molecule has 1 aliphatic carbocycles. The van der Waals surface area contributed by atoms with Crippen LogP contribution in [-0.4, -0.2) is 72.4 Å². The van der Waals surface area contributed by atoms with Gasteiger partial charge in [0.25, 0.3) is 0 Å². The normalized spacial score (nSPS) is 20.3. The molecule has 0 aromatic heterocycles. The summed E-state index contributed by atoms with van der Waals surface area (Å²) in [5.41, 5.74) is 2.55. The van der Waals surface area contributed by atoms with Crippen LogP contribution in [0.3, 0.4) is 0 Å². The van der Waals surface area contributed by atoms with Crippen molar-refractivity contribution in [1.82, 2.24) is 20.4 Å². The van der Waals surface area contributed by atoms with Crippen molar-refractivity contribution in [2.75, 3.05) is 27.2 Å². The standard InChI is InChI=1S/C33H46N4O4/c1-21(2)18-27-30(38)34-28(25-19-23-10-8-9-11-24(23)20-25)32(40)37(27)29(31(39)35-33(3,4)5)22-12-14-26(15-13-22)41-17-16-36(6)7/h8-15,21,25,27-29H,16-20H2,1-7H3,(H,34,38)(H,35,39)/t27-,28?,29-/m1/s1. The quantitative estimate of drug-likeness (QED) is 0.461. The van der Waals surface area contributed by atoms with E-state index in [1.165, 1.54) is 11.1 Å². The lowest BCUT2D eigenvalue weighted by Crippen LogP contribution is -2.67. The van der Waals surface area contributed by atoms with E-state index >= 15 is 0 Å². The first kappa shape index (κ1) is 30.6. The third-order valence-corrected chi connectivity index (χ3v) is 7.73. The fraction of sp³-hybridized carbons (Fsp3) is 0.545. The van der Waals surface area contributed by atoms with E-state index in [-0.39, 0.29) is 29.6 Å².